The first kappa shape index (κ1) is 15.1. The lowest BCUT2D eigenvalue weighted by Crippen LogP contribution is -2.11. The van der Waals surface area contributed by atoms with Gasteiger partial charge >= 0.3 is 0 Å². The molecule has 0 aliphatic heterocycles. The average Bonchev–Trinajstić information content (AvgIpc) is 2.71. The second-order valence-corrected chi connectivity index (χ2v) is 6.43. The summed E-state index contributed by atoms with van der Waals surface area (Å²) in [6.07, 6.45) is 0. The Bertz CT molecular complexity index is 554. The van der Waals surface area contributed by atoms with Crippen LogP contribution >= 0.6 is 34.2 Å². The van der Waals surface area contributed by atoms with Crippen LogP contribution in [0.4, 0.5) is 0 Å². The van der Waals surface area contributed by atoms with E-state index < -0.39 is 0 Å². The molecule has 104 valence electrons. The smallest absolute Gasteiger partial charge is 0.124 e. The van der Waals surface area contributed by atoms with Gasteiger partial charge in [-0.25, -0.2) is 4.98 Å². The van der Waals surface area contributed by atoms with Crippen molar-refractivity contribution in [3.63, 3.8) is 0 Å². The molecule has 0 unspecified atom stereocenters. The molecule has 19 heavy (non-hydrogen) atoms. The lowest BCUT2D eigenvalue weighted by Gasteiger charge is -2.10. The zero-order valence-electron chi connectivity index (χ0n) is 11.2. The lowest BCUT2D eigenvalue weighted by molar-refractivity contribution is 0.103. The number of halogens is 2. The number of rotatable bonds is 6. The zero-order chi connectivity index (χ0) is 13.8. The number of imidazole rings is 1. The number of aromatic nitrogens is 2. The second kappa shape index (κ2) is 6.90. The van der Waals surface area contributed by atoms with Crippen LogP contribution in [0.15, 0.2) is 18.2 Å². The number of nitrogens with zero attached hydrogens (tertiary/aromatic N) is 2. The molecule has 3 nitrogen and oxygen atoms in total. The predicted molar refractivity (Wildman–Crippen MR) is 87.7 cm³/mol. The van der Waals surface area contributed by atoms with E-state index in [0.29, 0.717) is 18.4 Å². The van der Waals surface area contributed by atoms with Crippen LogP contribution in [0.5, 0.6) is 0 Å². The van der Waals surface area contributed by atoms with E-state index in [1.807, 2.05) is 0 Å². The van der Waals surface area contributed by atoms with Gasteiger partial charge in [0.2, 0.25) is 0 Å². The monoisotopic (exact) mass is 392 g/mol. The first-order valence-electron chi connectivity index (χ1n) is 6.40. The van der Waals surface area contributed by atoms with E-state index in [-0.39, 0.29) is 0 Å². The van der Waals surface area contributed by atoms with Crippen molar-refractivity contribution in [2.45, 2.75) is 26.3 Å². The van der Waals surface area contributed by atoms with Crippen LogP contribution in [-0.4, -0.2) is 22.8 Å². The van der Waals surface area contributed by atoms with Crippen LogP contribution in [0.25, 0.3) is 11.0 Å². The molecule has 0 bridgehead atoms. The van der Waals surface area contributed by atoms with Crippen molar-refractivity contribution in [3.05, 3.63) is 27.6 Å². The number of hydrogen-bond acceptors (Lipinski definition) is 2. The third-order valence-corrected chi connectivity index (χ3v) is 3.73. The molecule has 2 aromatic rings. The molecule has 0 atom stereocenters. The maximum absolute atomic E-state index is 5.98. The standard InChI is InChI=1S/C14H18ClIN2O/c1-10(2)9-19-6-5-18-13-4-3-11(16)7-12(13)17-14(18)8-15/h3-4,7,10H,5-6,8-9H2,1-2H3. The predicted octanol–water partition coefficient (Wildman–Crippen LogP) is 4.05. The minimum Gasteiger partial charge on any atom is -0.379 e. The number of fused-ring (bicyclic) bond motifs is 1. The first-order valence-corrected chi connectivity index (χ1v) is 8.01. The van der Waals surface area contributed by atoms with E-state index >= 15 is 0 Å². The molecular formula is C14H18ClIN2O. The Morgan fingerprint density at radius 1 is 1.42 bits per heavy atom. The topological polar surface area (TPSA) is 27.1 Å². The van der Waals surface area contributed by atoms with Gasteiger partial charge in [-0.1, -0.05) is 13.8 Å². The van der Waals surface area contributed by atoms with Crippen LogP contribution < -0.4 is 0 Å². The summed E-state index contributed by atoms with van der Waals surface area (Å²) in [7, 11) is 0. The summed E-state index contributed by atoms with van der Waals surface area (Å²) in [5.74, 6) is 1.90. The Hall–Kier alpha value is -0.330. The van der Waals surface area contributed by atoms with Crippen molar-refractivity contribution < 1.29 is 4.74 Å². The van der Waals surface area contributed by atoms with Gasteiger partial charge in [0.25, 0.3) is 0 Å². The fraction of sp³-hybridized carbons (Fsp3) is 0.500. The Morgan fingerprint density at radius 3 is 2.89 bits per heavy atom. The summed E-state index contributed by atoms with van der Waals surface area (Å²) < 4.78 is 8.99. The quantitative estimate of drug-likeness (QED) is 0.421. The molecule has 5 heteroatoms. The molecule has 1 aromatic heterocycles. The molecule has 0 saturated heterocycles. The van der Waals surface area contributed by atoms with Crippen LogP contribution in [-0.2, 0) is 17.2 Å². The van der Waals surface area contributed by atoms with Crippen molar-refractivity contribution in [1.82, 2.24) is 9.55 Å². The minimum absolute atomic E-state index is 0.426. The summed E-state index contributed by atoms with van der Waals surface area (Å²) in [6.45, 7) is 6.59. The highest BCUT2D eigenvalue weighted by Gasteiger charge is 2.10. The normalized spacial score (nSPS) is 11.6. The minimum atomic E-state index is 0.426. The van der Waals surface area contributed by atoms with E-state index in [2.05, 4.69) is 64.2 Å². The molecule has 0 fully saturated rings. The van der Waals surface area contributed by atoms with Gasteiger partial charge in [0, 0.05) is 16.7 Å². The maximum Gasteiger partial charge on any atom is 0.124 e. The van der Waals surface area contributed by atoms with Crippen molar-refractivity contribution in [2.75, 3.05) is 13.2 Å². The van der Waals surface area contributed by atoms with Gasteiger partial charge in [0.1, 0.15) is 5.82 Å². The average molecular weight is 393 g/mol. The number of hydrogen-bond donors (Lipinski definition) is 0. The van der Waals surface area contributed by atoms with E-state index in [1.54, 1.807) is 0 Å². The summed E-state index contributed by atoms with van der Waals surface area (Å²) in [4.78, 5) is 4.58. The van der Waals surface area contributed by atoms with E-state index in [0.717, 1.165) is 30.0 Å². The fourth-order valence-corrected chi connectivity index (χ4v) is 2.66. The highest BCUT2D eigenvalue weighted by molar-refractivity contribution is 14.1. The summed E-state index contributed by atoms with van der Waals surface area (Å²) in [5.41, 5.74) is 2.13. The first-order chi connectivity index (χ1) is 9.11. The van der Waals surface area contributed by atoms with Crippen molar-refractivity contribution >= 4 is 45.2 Å². The molecule has 0 aliphatic carbocycles. The molecule has 2 rings (SSSR count). The number of benzene rings is 1. The summed E-state index contributed by atoms with van der Waals surface area (Å²) in [5, 5.41) is 0. The molecule has 0 amide bonds. The van der Waals surface area contributed by atoms with Gasteiger partial charge in [0.05, 0.1) is 23.5 Å². The van der Waals surface area contributed by atoms with Gasteiger partial charge in [-0.05, 0) is 46.7 Å². The second-order valence-electron chi connectivity index (χ2n) is 4.92. The van der Waals surface area contributed by atoms with Crippen LogP contribution in [0.1, 0.15) is 19.7 Å². The third-order valence-electron chi connectivity index (χ3n) is 2.82. The lowest BCUT2D eigenvalue weighted by atomic mass is 10.2. The Morgan fingerprint density at radius 2 is 2.21 bits per heavy atom. The Labute approximate surface area is 132 Å². The fourth-order valence-electron chi connectivity index (χ4n) is 1.98. The molecule has 1 aromatic carbocycles. The highest BCUT2D eigenvalue weighted by Crippen LogP contribution is 2.20. The van der Waals surface area contributed by atoms with Crippen LogP contribution in [0.3, 0.4) is 0 Å². The van der Waals surface area contributed by atoms with Crippen LogP contribution in [0, 0.1) is 9.49 Å². The van der Waals surface area contributed by atoms with Gasteiger partial charge in [-0.3, -0.25) is 0 Å². The van der Waals surface area contributed by atoms with Gasteiger partial charge in [-0.15, -0.1) is 11.6 Å². The summed E-state index contributed by atoms with van der Waals surface area (Å²) in [6, 6.07) is 6.27. The number of alkyl halides is 1. The third kappa shape index (κ3) is 3.83. The van der Waals surface area contributed by atoms with Crippen molar-refractivity contribution in [1.29, 1.82) is 0 Å². The SMILES string of the molecule is CC(C)COCCn1c(CCl)nc2cc(I)ccc21. The van der Waals surface area contributed by atoms with Gasteiger partial charge in [0.15, 0.2) is 0 Å². The molecule has 0 aliphatic rings. The number of ether oxygens (including phenoxy) is 1. The summed E-state index contributed by atoms with van der Waals surface area (Å²) >= 11 is 8.28. The van der Waals surface area contributed by atoms with E-state index in [1.165, 1.54) is 3.57 Å². The molecule has 0 saturated carbocycles. The highest BCUT2D eigenvalue weighted by atomic mass is 127. The molecule has 0 N–H and O–H groups in total. The van der Waals surface area contributed by atoms with Crippen molar-refractivity contribution in [3.8, 4) is 0 Å². The van der Waals surface area contributed by atoms with E-state index in [9.17, 15) is 0 Å². The van der Waals surface area contributed by atoms with E-state index in [4.69, 9.17) is 16.3 Å². The molecule has 1 heterocycles. The van der Waals surface area contributed by atoms with Gasteiger partial charge < -0.3 is 9.30 Å². The van der Waals surface area contributed by atoms with Gasteiger partial charge in [-0.2, -0.15) is 0 Å². The molecular weight excluding hydrogens is 375 g/mol. The Kier molecular flexibility index (Phi) is 5.47. The molecule has 0 radical (unpaired) electrons. The largest absolute Gasteiger partial charge is 0.379 e. The Balaban J connectivity index is 2.16. The zero-order valence-corrected chi connectivity index (χ0v) is 14.1. The molecule has 0 spiro atoms. The van der Waals surface area contributed by atoms with Crippen molar-refractivity contribution in [2.24, 2.45) is 5.92 Å². The maximum atomic E-state index is 5.98. The van der Waals surface area contributed by atoms with Crippen LogP contribution in [0.2, 0.25) is 0 Å².